The Kier molecular flexibility index (Phi) is 3.29. The fourth-order valence-corrected chi connectivity index (χ4v) is 3.09. The molecule has 0 aliphatic heterocycles. The van der Waals surface area contributed by atoms with Crippen molar-refractivity contribution < 1.29 is 5.11 Å². The fourth-order valence-electron chi connectivity index (χ4n) is 2.96. The zero-order valence-corrected chi connectivity index (χ0v) is 13.4. The molecule has 4 rings (SSSR count). The number of nitrogens with zero attached hydrogens (tertiary/aromatic N) is 4. The molecule has 0 atom stereocenters. The Labute approximate surface area is 143 Å². The topological polar surface area (TPSA) is 74.7 Å². The van der Waals surface area contributed by atoms with Crippen LogP contribution in [0, 0.1) is 11.3 Å². The second-order valence-corrected chi connectivity index (χ2v) is 6.34. The van der Waals surface area contributed by atoms with Crippen LogP contribution in [0.15, 0.2) is 48.7 Å². The SMILES string of the molecule is N#Cc1ccnc(-n2nc(C3(c4ccc(Cl)cc4)CC3)cc2O)c1. The molecule has 1 aliphatic rings. The van der Waals surface area contributed by atoms with E-state index in [1.54, 1.807) is 18.2 Å². The van der Waals surface area contributed by atoms with Gasteiger partial charge in [0.05, 0.1) is 17.3 Å². The lowest BCUT2D eigenvalue weighted by atomic mass is 9.93. The van der Waals surface area contributed by atoms with Gasteiger partial charge in [-0.05, 0) is 36.6 Å². The first kappa shape index (κ1) is 14.7. The smallest absolute Gasteiger partial charge is 0.215 e. The van der Waals surface area contributed by atoms with Crippen LogP contribution in [-0.2, 0) is 5.41 Å². The number of benzene rings is 1. The summed E-state index contributed by atoms with van der Waals surface area (Å²) in [4.78, 5) is 4.19. The molecule has 0 spiro atoms. The lowest BCUT2D eigenvalue weighted by Crippen LogP contribution is -2.10. The van der Waals surface area contributed by atoms with E-state index in [-0.39, 0.29) is 11.3 Å². The van der Waals surface area contributed by atoms with Crippen molar-refractivity contribution >= 4 is 11.6 Å². The molecule has 1 N–H and O–H groups in total. The van der Waals surface area contributed by atoms with Crippen molar-refractivity contribution in [2.75, 3.05) is 0 Å². The number of nitriles is 1. The third kappa shape index (κ3) is 2.32. The zero-order chi connectivity index (χ0) is 16.7. The van der Waals surface area contributed by atoms with Gasteiger partial charge in [0.15, 0.2) is 5.82 Å². The summed E-state index contributed by atoms with van der Waals surface area (Å²) in [7, 11) is 0. The van der Waals surface area contributed by atoms with Gasteiger partial charge in [0, 0.05) is 28.8 Å². The molecule has 0 saturated heterocycles. The highest BCUT2D eigenvalue weighted by Crippen LogP contribution is 2.53. The minimum absolute atomic E-state index is 0.00725. The van der Waals surface area contributed by atoms with Gasteiger partial charge in [-0.1, -0.05) is 23.7 Å². The molecular weight excluding hydrogens is 324 g/mol. The highest BCUT2D eigenvalue weighted by atomic mass is 35.5. The third-order valence-corrected chi connectivity index (χ3v) is 4.67. The molecule has 3 aromatic rings. The van der Waals surface area contributed by atoms with Crippen molar-refractivity contribution in [3.63, 3.8) is 0 Å². The number of aromatic hydroxyl groups is 1. The van der Waals surface area contributed by atoms with Crippen molar-refractivity contribution in [2.45, 2.75) is 18.3 Å². The summed E-state index contributed by atoms with van der Waals surface area (Å²) in [6.45, 7) is 0. The number of pyridine rings is 1. The molecule has 24 heavy (non-hydrogen) atoms. The Morgan fingerprint density at radius 3 is 2.58 bits per heavy atom. The number of rotatable bonds is 3. The van der Waals surface area contributed by atoms with E-state index < -0.39 is 0 Å². The lowest BCUT2D eigenvalue weighted by molar-refractivity contribution is 0.432. The summed E-state index contributed by atoms with van der Waals surface area (Å²) < 4.78 is 1.37. The van der Waals surface area contributed by atoms with Crippen molar-refractivity contribution in [1.29, 1.82) is 5.26 Å². The van der Waals surface area contributed by atoms with Gasteiger partial charge in [-0.3, -0.25) is 0 Å². The van der Waals surface area contributed by atoms with Gasteiger partial charge in [-0.15, -0.1) is 0 Å². The van der Waals surface area contributed by atoms with E-state index in [2.05, 4.69) is 16.2 Å². The number of hydrogen-bond donors (Lipinski definition) is 1. The Hall–Kier alpha value is -2.84. The molecule has 1 saturated carbocycles. The van der Waals surface area contributed by atoms with E-state index in [1.807, 2.05) is 24.3 Å². The summed E-state index contributed by atoms with van der Waals surface area (Å²) in [5.41, 5.74) is 2.22. The van der Waals surface area contributed by atoms with E-state index in [1.165, 1.54) is 10.9 Å². The van der Waals surface area contributed by atoms with Gasteiger partial charge < -0.3 is 5.11 Å². The van der Waals surface area contributed by atoms with Crippen LogP contribution in [0.5, 0.6) is 5.88 Å². The maximum atomic E-state index is 10.3. The Morgan fingerprint density at radius 2 is 1.92 bits per heavy atom. The molecule has 2 aromatic heterocycles. The first-order valence-electron chi connectivity index (χ1n) is 7.54. The predicted octanol–water partition coefficient (Wildman–Crippen LogP) is 3.58. The maximum Gasteiger partial charge on any atom is 0.215 e. The molecule has 2 heterocycles. The molecule has 5 nitrogen and oxygen atoms in total. The van der Waals surface area contributed by atoms with Crippen LogP contribution in [0.4, 0.5) is 0 Å². The largest absolute Gasteiger partial charge is 0.493 e. The molecule has 1 aromatic carbocycles. The van der Waals surface area contributed by atoms with Crippen LogP contribution in [0.3, 0.4) is 0 Å². The van der Waals surface area contributed by atoms with Gasteiger partial charge in [-0.25, -0.2) is 4.98 Å². The molecule has 6 heteroatoms. The molecule has 0 unspecified atom stereocenters. The van der Waals surface area contributed by atoms with Crippen molar-refractivity contribution in [3.05, 3.63) is 70.5 Å². The van der Waals surface area contributed by atoms with E-state index >= 15 is 0 Å². The predicted molar refractivity (Wildman–Crippen MR) is 89.2 cm³/mol. The van der Waals surface area contributed by atoms with E-state index in [0.717, 1.165) is 24.1 Å². The minimum atomic E-state index is -0.180. The standard InChI is InChI=1S/C18H13ClN4O/c19-14-3-1-13(2-4-14)18(6-7-18)15-10-17(24)23(22-15)16-9-12(11-20)5-8-21-16/h1-5,8-10,24H,6-7H2. The van der Waals surface area contributed by atoms with Crippen LogP contribution < -0.4 is 0 Å². The molecule has 118 valence electrons. The van der Waals surface area contributed by atoms with Crippen LogP contribution in [0.25, 0.3) is 5.82 Å². The summed E-state index contributed by atoms with van der Waals surface area (Å²) in [5.74, 6) is 0.428. The van der Waals surface area contributed by atoms with Crippen LogP contribution in [0.1, 0.15) is 29.7 Å². The monoisotopic (exact) mass is 336 g/mol. The van der Waals surface area contributed by atoms with Crippen molar-refractivity contribution in [3.8, 4) is 17.8 Å². The summed E-state index contributed by atoms with van der Waals surface area (Å²) in [6.07, 6.45) is 3.47. The second kappa shape index (κ2) is 5.36. The summed E-state index contributed by atoms with van der Waals surface area (Å²) in [6, 6.07) is 14.7. The molecule has 0 amide bonds. The average molecular weight is 337 g/mol. The van der Waals surface area contributed by atoms with Crippen LogP contribution in [-0.4, -0.2) is 19.9 Å². The second-order valence-electron chi connectivity index (χ2n) is 5.90. The van der Waals surface area contributed by atoms with Crippen molar-refractivity contribution in [1.82, 2.24) is 14.8 Å². The Balaban J connectivity index is 1.76. The number of halogens is 1. The van der Waals surface area contributed by atoms with Gasteiger partial charge in [0.1, 0.15) is 0 Å². The summed E-state index contributed by atoms with van der Waals surface area (Å²) in [5, 5.41) is 24.5. The molecule has 0 radical (unpaired) electrons. The van der Waals surface area contributed by atoms with Gasteiger partial charge in [0.2, 0.25) is 5.88 Å². The Bertz CT molecular complexity index is 952. The average Bonchev–Trinajstić information content (AvgIpc) is 3.32. The normalized spacial score (nSPS) is 15.0. The summed E-state index contributed by atoms with van der Waals surface area (Å²) >= 11 is 5.97. The van der Waals surface area contributed by atoms with Crippen LogP contribution in [0.2, 0.25) is 5.02 Å². The Morgan fingerprint density at radius 1 is 1.17 bits per heavy atom. The molecule has 0 bridgehead atoms. The highest BCUT2D eigenvalue weighted by Gasteiger charge is 2.48. The van der Waals surface area contributed by atoms with E-state index in [9.17, 15) is 5.11 Å². The molecular formula is C18H13ClN4O. The zero-order valence-electron chi connectivity index (χ0n) is 12.6. The third-order valence-electron chi connectivity index (χ3n) is 4.42. The maximum absolute atomic E-state index is 10.3. The highest BCUT2D eigenvalue weighted by molar-refractivity contribution is 6.30. The first-order chi connectivity index (χ1) is 11.6. The minimum Gasteiger partial charge on any atom is -0.493 e. The van der Waals surface area contributed by atoms with Gasteiger partial charge >= 0.3 is 0 Å². The van der Waals surface area contributed by atoms with Gasteiger partial charge in [0.25, 0.3) is 0 Å². The van der Waals surface area contributed by atoms with E-state index in [0.29, 0.717) is 16.4 Å². The van der Waals surface area contributed by atoms with E-state index in [4.69, 9.17) is 16.9 Å². The quantitative estimate of drug-likeness (QED) is 0.793. The fraction of sp³-hybridized carbons (Fsp3) is 0.167. The van der Waals surface area contributed by atoms with Crippen molar-refractivity contribution in [2.24, 2.45) is 0 Å². The first-order valence-corrected chi connectivity index (χ1v) is 7.92. The van der Waals surface area contributed by atoms with Crippen LogP contribution >= 0.6 is 11.6 Å². The molecule has 1 fully saturated rings. The number of aromatic nitrogens is 3. The number of hydrogen-bond acceptors (Lipinski definition) is 4. The lowest BCUT2D eigenvalue weighted by Gasteiger charge is -2.12. The van der Waals surface area contributed by atoms with Gasteiger partial charge in [-0.2, -0.15) is 15.0 Å². The molecule has 1 aliphatic carbocycles.